The van der Waals surface area contributed by atoms with Crippen LogP contribution in [0.5, 0.6) is 5.75 Å². The van der Waals surface area contributed by atoms with Crippen LogP contribution in [0, 0.1) is 0 Å². The van der Waals surface area contributed by atoms with Gasteiger partial charge in [-0.05, 0) is 49.2 Å². The van der Waals surface area contributed by atoms with E-state index in [0.717, 1.165) is 11.1 Å². The molecule has 0 radical (unpaired) electrons. The molecule has 0 unspecified atom stereocenters. The lowest BCUT2D eigenvalue weighted by atomic mass is 9.86. The summed E-state index contributed by atoms with van der Waals surface area (Å²) in [7, 11) is 3.87. The van der Waals surface area contributed by atoms with Crippen LogP contribution < -0.4 is 15.4 Å². The van der Waals surface area contributed by atoms with E-state index < -0.39 is 11.9 Å². The number of primary amides is 1. The number of fused-ring (bicyclic) bond motifs is 1. The molecule has 2 aliphatic rings. The topological polar surface area (TPSA) is 96.2 Å². The minimum absolute atomic E-state index is 0.0981. The Morgan fingerprint density at radius 3 is 2.40 bits per heavy atom. The number of carbonyl (C=O) groups is 3. The van der Waals surface area contributed by atoms with Crippen molar-refractivity contribution in [3.63, 3.8) is 0 Å². The first-order valence-electron chi connectivity index (χ1n) is 11.9. The van der Waals surface area contributed by atoms with Gasteiger partial charge in [0.2, 0.25) is 11.8 Å². The highest BCUT2D eigenvalue weighted by atomic mass is 16.5. The molecule has 186 valence electrons. The molecule has 8 heteroatoms. The Balaban J connectivity index is 1.72. The Bertz CT molecular complexity index is 1130. The van der Waals surface area contributed by atoms with Crippen molar-refractivity contribution in [3.8, 4) is 5.75 Å². The van der Waals surface area contributed by atoms with Gasteiger partial charge in [-0.1, -0.05) is 57.2 Å². The van der Waals surface area contributed by atoms with Crippen molar-refractivity contribution in [1.29, 1.82) is 0 Å². The van der Waals surface area contributed by atoms with E-state index in [1.165, 1.54) is 4.90 Å². The molecule has 2 aromatic carbocycles. The molecule has 0 bridgehead atoms. The van der Waals surface area contributed by atoms with E-state index in [-0.39, 0.29) is 42.5 Å². The van der Waals surface area contributed by atoms with Gasteiger partial charge in [-0.3, -0.25) is 19.3 Å². The molecule has 0 aromatic heterocycles. The summed E-state index contributed by atoms with van der Waals surface area (Å²) in [6.45, 7) is 5.92. The first kappa shape index (κ1) is 24.7. The average Bonchev–Trinajstić information content (AvgIpc) is 3.22. The molecule has 1 saturated heterocycles. The summed E-state index contributed by atoms with van der Waals surface area (Å²) in [6, 6.07) is 14.1. The Kier molecular flexibility index (Phi) is 6.60. The molecule has 2 aromatic rings. The van der Waals surface area contributed by atoms with Crippen LogP contribution in [-0.4, -0.2) is 66.9 Å². The first-order chi connectivity index (χ1) is 16.5. The van der Waals surface area contributed by atoms with Crippen LogP contribution in [0.2, 0.25) is 0 Å². The second kappa shape index (κ2) is 9.34. The lowest BCUT2D eigenvalue weighted by Gasteiger charge is -2.36. The van der Waals surface area contributed by atoms with Gasteiger partial charge >= 0.3 is 0 Å². The number of amides is 3. The third kappa shape index (κ3) is 4.75. The van der Waals surface area contributed by atoms with Crippen LogP contribution in [0.15, 0.2) is 48.5 Å². The summed E-state index contributed by atoms with van der Waals surface area (Å²) in [5.74, 6) is -0.613. The number of rotatable bonds is 5. The first-order valence-corrected chi connectivity index (χ1v) is 11.9. The molecule has 3 atom stereocenters. The zero-order valence-corrected chi connectivity index (χ0v) is 21.0. The normalized spacial score (nSPS) is 22.2. The highest BCUT2D eigenvalue weighted by Crippen LogP contribution is 2.40. The fourth-order valence-electron chi connectivity index (χ4n) is 5.02. The predicted molar refractivity (Wildman–Crippen MR) is 134 cm³/mol. The van der Waals surface area contributed by atoms with Crippen LogP contribution in [-0.2, 0) is 19.8 Å². The predicted octanol–water partition coefficient (Wildman–Crippen LogP) is 2.47. The van der Waals surface area contributed by atoms with Crippen LogP contribution in [0.1, 0.15) is 44.4 Å². The fourth-order valence-corrected chi connectivity index (χ4v) is 5.02. The zero-order chi connectivity index (χ0) is 25.5. The summed E-state index contributed by atoms with van der Waals surface area (Å²) in [5, 5.41) is 0. The van der Waals surface area contributed by atoms with Gasteiger partial charge in [0.1, 0.15) is 18.3 Å². The number of likely N-dealkylation sites (N-methyl/N-ethyl adjacent to an activating group) is 1. The van der Waals surface area contributed by atoms with Gasteiger partial charge in [0.25, 0.3) is 5.91 Å². The minimum Gasteiger partial charge on any atom is -0.482 e. The maximum absolute atomic E-state index is 13.9. The van der Waals surface area contributed by atoms with Crippen molar-refractivity contribution < 1.29 is 19.1 Å². The van der Waals surface area contributed by atoms with Crippen molar-refractivity contribution in [2.75, 3.05) is 32.1 Å². The van der Waals surface area contributed by atoms with Crippen molar-refractivity contribution in [3.05, 3.63) is 59.7 Å². The number of hydrogen-bond acceptors (Lipinski definition) is 5. The standard InChI is InChI=1S/C27H34N4O4/c1-27(2,3)18-11-12-22-19(13-18)30(24(33)16-35-22)15-23(32)31-21(26(28)34)14-20(29(4)5)25(31)17-9-7-6-8-10-17/h6-13,20-21,25H,14-16H2,1-5H3,(H2,28,34)/t20-,21+,25+/m1/s1. The quantitative estimate of drug-likeness (QED) is 0.712. The molecular weight excluding hydrogens is 444 g/mol. The van der Waals surface area contributed by atoms with Gasteiger partial charge in [-0.15, -0.1) is 0 Å². The number of anilines is 1. The maximum Gasteiger partial charge on any atom is 0.265 e. The molecule has 2 aliphatic heterocycles. The van der Waals surface area contributed by atoms with Gasteiger partial charge in [0, 0.05) is 6.04 Å². The van der Waals surface area contributed by atoms with Crippen LogP contribution in [0.3, 0.4) is 0 Å². The van der Waals surface area contributed by atoms with Crippen molar-refractivity contribution in [2.45, 2.75) is 50.7 Å². The largest absolute Gasteiger partial charge is 0.482 e. The smallest absolute Gasteiger partial charge is 0.265 e. The van der Waals surface area contributed by atoms with E-state index in [1.54, 1.807) is 4.90 Å². The second-order valence-corrected chi connectivity index (χ2v) is 10.5. The molecular formula is C27H34N4O4. The zero-order valence-electron chi connectivity index (χ0n) is 21.0. The summed E-state index contributed by atoms with van der Waals surface area (Å²) in [6.07, 6.45) is 0.426. The summed E-state index contributed by atoms with van der Waals surface area (Å²) in [5.41, 5.74) is 8.15. The van der Waals surface area contributed by atoms with Crippen LogP contribution in [0.25, 0.3) is 0 Å². The second-order valence-electron chi connectivity index (χ2n) is 10.5. The minimum atomic E-state index is -0.767. The Morgan fingerprint density at radius 1 is 1.11 bits per heavy atom. The van der Waals surface area contributed by atoms with Gasteiger partial charge in [-0.25, -0.2) is 0 Å². The number of hydrogen-bond donors (Lipinski definition) is 1. The molecule has 8 nitrogen and oxygen atoms in total. The molecule has 0 aliphatic carbocycles. The monoisotopic (exact) mass is 478 g/mol. The maximum atomic E-state index is 13.9. The van der Waals surface area contributed by atoms with Gasteiger partial charge in [-0.2, -0.15) is 0 Å². The lowest BCUT2D eigenvalue weighted by molar-refractivity contribution is -0.139. The number of benzene rings is 2. The number of nitrogens with two attached hydrogens (primary N) is 1. The van der Waals surface area contributed by atoms with Crippen LogP contribution >= 0.6 is 0 Å². The van der Waals surface area contributed by atoms with Crippen molar-refractivity contribution in [2.24, 2.45) is 5.73 Å². The fraction of sp³-hybridized carbons (Fsp3) is 0.444. The van der Waals surface area contributed by atoms with E-state index in [2.05, 4.69) is 20.8 Å². The Labute approximate surface area is 206 Å². The summed E-state index contributed by atoms with van der Waals surface area (Å²) in [4.78, 5) is 44.4. The molecule has 3 amide bonds. The van der Waals surface area contributed by atoms with Crippen molar-refractivity contribution in [1.82, 2.24) is 9.80 Å². The summed E-state index contributed by atoms with van der Waals surface area (Å²) < 4.78 is 5.64. The molecule has 2 N–H and O–H groups in total. The number of carbonyl (C=O) groups excluding carboxylic acids is 3. The van der Waals surface area contributed by atoms with Gasteiger partial charge in [0.15, 0.2) is 6.61 Å². The molecule has 1 fully saturated rings. The third-order valence-corrected chi connectivity index (χ3v) is 6.95. The molecule has 4 rings (SSSR count). The van der Waals surface area contributed by atoms with Crippen molar-refractivity contribution >= 4 is 23.4 Å². The van der Waals surface area contributed by atoms with E-state index >= 15 is 0 Å². The SMILES string of the molecule is CN(C)[C@@H]1C[C@@H](C(N)=O)N(C(=O)CN2C(=O)COc3ccc(C(C)(C)C)cc32)[C@H]1c1ccccc1. The molecule has 35 heavy (non-hydrogen) atoms. The third-order valence-electron chi connectivity index (χ3n) is 6.95. The summed E-state index contributed by atoms with van der Waals surface area (Å²) >= 11 is 0. The lowest BCUT2D eigenvalue weighted by Crippen LogP contribution is -2.51. The highest BCUT2D eigenvalue weighted by Gasteiger charge is 2.48. The number of ether oxygens (including phenoxy) is 1. The Hall–Kier alpha value is -3.39. The molecule has 2 heterocycles. The van der Waals surface area contributed by atoms with E-state index in [9.17, 15) is 14.4 Å². The van der Waals surface area contributed by atoms with Crippen LogP contribution in [0.4, 0.5) is 5.69 Å². The number of likely N-dealkylation sites (tertiary alicyclic amines) is 1. The molecule has 0 spiro atoms. The molecule has 0 saturated carbocycles. The highest BCUT2D eigenvalue weighted by molar-refractivity contribution is 6.03. The van der Waals surface area contributed by atoms with E-state index in [0.29, 0.717) is 17.9 Å². The Morgan fingerprint density at radius 2 is 1.80 bits per heavy atom. The van der Waals surface area contributed by atoms with Gasteiger partial charge in [0.05, 0.1) is 11.7 Å². The van der Waals surface area contributed by atoms with E-state index in [1.807, 2.05) is 67.5 Å². The van der Waals surface area contributed by atoms with E-state index in [4.69, 9.17) is 10.5 Å². The average molecular weight is 479 g/mol. The number of nitrogens with zero attached hydrogens (tertiary/aromatic N) is 3. The van der Waals surface area contributed by atoms with Gasteiger partial charge < -0.3 is 20.3 Å².